The van der Waals surface area contributed by atoms with Crippen molar-refractivity contribution in [2.24, 2.45) is 0 Å². The molecule has 0 spiro atoms. The summed E-state index contributed by atoms with van der Waals surface area (Å²) in [5.41, 5.74) is 0. The monoisotopic (exact) mass is 138 g/mol. The summed E-state index contributed by atoms with van der Waals surface area (Å²) in [4.78, 5) is 0. The molecule has 0 aromatic heterocycles. The second-order valence-electron chi connectivity index (χ2n) is 2.18. The highest BCUT2D eigenvalue weighted by molar-refractivity contribution is 4.98. The molecule has 1 nitrogen and oxygen atoms in total. The summed E-state index contributed by atoms with van der Waals surface area (Å²) < 4.78 is 0. The lowest BCUT2D eigenvalue weighted by molar-refractivity contribution is 0.236. The molecule has 0 aliphatic rings. The number of rotatable bonds is 4. The van der Waals surface area contributed by atoms with E-state index in [1.807, 2.05) is 12.2 Å². The number of hydrogen-bond acceptors (Lipinski definition) is 1. The molecule has 1 heteroatoms. The molecule has 0 fully saturated rings. The quantitative estimate of drug-likeness (QED) is 0.463. The van der Waals surface area contributed by atoms with Crippen LogP contribution in [-0.2, 0) is 0 Å². The molecule has 10 heavy (non-hydrogen) atoms. The van der Waals surface area contributed by atoms with Crippen molar-refractivity contribution in [2.75, 3.05) is 0 Å². The number of hydrogen-bond donors (Lipinski definition) is 1. The second-order valence-corrected chi connectivity index (χ2v) is 2.18. The zero-order valence-electron chi connectivity index (χ0n) is 6.38. The smallest absolute Gasteiger partial charge is 0.117 e. The number of aliphatic hydroxyl groups excluding tert-OH is 1. The van der Waals surface area contributed by atoms with E-state index in [0.29, 0.717) is 6.42 Å². The first-order chi connectivity index (χ1) is 4.81. The average Bonchev–Trinajstić information content (AvgIpc) is 1.98. The first-order valence-electron chi connectivity index (χ1n) is 3.60. The highest BCUT2D eigenvalue weighted by Crippen LogP contribution is 1.94. The standard InChI is InChI=1S/C9H14O/c1-3-5-6-7-8-9(10)4-2/h2,6-7,9-10H,3,5,8H2,1H3/b7-6-. The Labute approximate surface area is 62.8 Å². The lowest BCUT2D eigenvalue weighted by atomic mass is 10.2. The fourth-order valence-corrected chi connectivity index (χ4v) is 0.578. The summed E-state index contributed by atoms with van der Waals surface area (Å²) in [6.45, 7) is 2.11. The maximum Gasteiger partial charge on any atom is 0.117 e. The van der Waals surface area contributed by atoms with Crippen LogP contribution in [0.25, 0.3) is 0 Å². The lowest BCUT2D eigenvalue weighted by Crippen LogP contribution is -1.98. The Morgan fingerprint density at radius 2 is 2.30 bits per heavy atom. The van der Waals surface area contributed by atoms with E-state index in [1.54, 1.807) is 0 Å². The number of aliphatic hydroxyl groups is 1. The normalized spacial score (nSPS) is 13.3. The minimum absolute atomic E-state index is 0.580. The summed E-state index contributed by atoms with van der Waals surface area (Å²) in [5.74, 6) is 2.25. The van der Waals surface area contributed by atoms with Crippen molar-refractivity contribution >= 4 is 0 Å². The van der Waals surface area contributed by atoms with Crippen molar-refractivity contribution in [1.82, 2.24) is 0 Å². The fourth-order valence-electron chi connectivity index (χ4n) is 0.578. The molecule has 0 heterocycles. The molecule has 0 saturated carbocycles. The molecule has 0 amide bonds. The Bertz CT molecular complexity index is 130. The van der Waals surface area contributed by atoms with Crippen molar-refractivity contribution in [2.45, 2.75) is 32.3 Å². The molecule has 0 rings (SSSR count). The van der Waals surface area contributed by atoms with E-state index in [4.69, 9.17) is 11.5 Å². The van der Waals surface area contributed by atoms with Crippen LogP contribution >= 0.6 is 0 Å². The van der Waals surface area contributed by atoms with Gasteiger partial charge in [0.05, 0.1) is 0 Å². The highest BCUT2D eigenvalue weighted by atomic mass is 16.3. The van der Waals surface area contributed by atoms with Gasteiger partial charge in [-0.15, -0.1) is 6.42 Å². The molecule has 0 aromatic rings. The molecule has 0 bridgehead atoms. The van der Waals surface area contributed by atoms with Crippen LogP contribution in [0.15, 0.2) is 12.2 Å². The average molecular weight is 138 g/mol. The molecule has 0 radical (unpaired) electrons. The minimum Gasteiger partial charge on any atom is -0.380 e. The van der Waals surface area contributed by atoms with Gasteiger partial charge >= 0.3 is 0 Å². The van der Waals surface area contributed by atoms with Crippen molar-refractivity contribution in [3.8, 4) is 12.3 Å². The largest absolute Gasteiger partial charge is 0.380 e. The SMILES string of the molecule is C#CC(O)C/C=C\CCC. The Balaban J connectivity index is 3.27. The van der Waals surface area contributed by atoms with Crippen LogP contribution in [0.3, 0.4) is 0 Å². The molecule has 1 unspecified atom stereocenters. The summed E-state index contributed by atoms with van der Waals surface area (Å²) in [6.07, 6.45) is 11.1. The Hall–Kier alpha value is -0.740. The van der Waals surface area contributed by atoms with Gasteiger partial charge in [0.15, 0.2) is 0 Å². The second kappa shape index (κ2) is 6.38. The van der Waals surface area contributed by atoms with Crippen LogP contribution in [0.2, 0.25) is 0 Å². The lowest BCUT2D eigenvalue weighted by Gasteiger charge is -1.94. The molecule has 0 aromatic carbocycles. The molecular weight excluding hydrogens is 124 g/mol. The minimum atomic E-state index is -0.604. The van der Waals surface area contributed by atoms with E-state index in [1.165, 1.54) is 0 Å². The number of allylic oxidation sites excluding steroid dienone is 1. The van der Waals surface area contributed by atoms with Gasteiger partial charge in [-0.2, -0.15) is 0 Å². The van der Waals surface area contributed by atoms with Gasteiger partial charge in [-0.3, -0.25) is 0 Å². The third kappa shape index (κ3) is 5.40. The van der Waals surface area contributed by atoms with Gasteiger partial charge in [-0.1, -0.05) is 31.4 Å². The van der Waals surface area contributed by atoms with Crippen molar-refractivity contribution in [3.63, 3.8) is 0 Å². The summed E-state index contributed by atoms with van der Waals surface area (Å²) in [6, 6.07) is 0. The third-order valence-electron chi connectivity index (χ3n) is 1.17. The van der Waals surface area contributed by atoms with Gasteiger partial charge in [0.25, 0.3) is 0 Å². The van der Waals surface area contributed by atoms with Crippen LogP contribution in [-0.4, -0.2) is 11.2 Å². The first-order valence-corrected chi connectivity index (χ1v) is 3.60. The van der Waals surface area contributed by atoms with Crippen molar-refractivity contribution in [3.05, 3.63) is 12.2 Å². The first kappa shape index (κ1) is 9.26. The molecule has 0 aliphatic heterocycles. The van der Waals surface area contributed by atoms with Crippen LogP contribution in [0.5, 0.6) is 0 Å². The van der Waals surface area contributed by atoms with Crippen LogP contribution in [0, 0.1) is 12.3 Å². The van der Waals surface area contributed by atoms with E-state index >= 15 is 0 Å². The van der Waals surface area contributed by atoms with E-state index in [2.05, 4.69) is 12.8 Å². The third-order valence-corrected chi connectivity index (χ3v) is 1.17. The van der Waals surface area contributed by atoms with E-state index in [-0.39, 0.29) is 0 Å². The van der Waals surface area contributed by atoms with Crippen LogP contribution in [0.4, 0.5) is 0 Å². The summed E-state index contributed by atoms with van der Waals surface area (Å²) in [7, 11) is 0. The molecule has 56 valence electrons. The fraction of sp³-hybridized carbons (Fsp3) is 0.556. The van der Waals surface area contributed by atoms with Crippen LogP contribution in [0.1, 0.15) is 26.2 Å². The van der Waals surface area contributed by atoms with E-state index in [9.17, 15) is 0 Å². The molecule has 0 aliphatic carbocycles. The van der Waals surface area contributed by atoms with Gasteiger partial charge in [0.2, 0.25) is 0 Å². The number of terminal acetylenes is 1. The summed E-state index contributed by atoms with van der Waals surface area (Å²) in [5, 5.41) is 8.87. The van der Waals surface area contributed by atoms with Gasteiger partial charge < -0.3 is 5.11 Å². The predicted molar refractivity (Wildman–Crippen MR) is 43.5 cm³/mol. The van der Waals surface area contributed by atoms with Gasteiger partial charge in [-0.05, 0) is 6.42 Å². The van der Waals surface area contributed by atoms with Gasteiger partial charge in [0, 0.05) is 6.42 Å². The molecule has 1 N–H and O–H groups in total. The molecule has 1 atom stereocenters. The van der Waals surface area contributed by atoms with Crippen molar-refractivity contribution in [1.29, 1.82) is 0 Å². The number of unbranched alkanes of at least 4 members (excludes halogenated alkanes) is 1. The maximum atomic E-state index is 8.87. The molecular formula is C9H14O. The van der Waals surface area contributed by atoms with Crippen molar-refractivity contribution < 1.29 is 5.11 Å². The molecule has 0 saturated heterocycles. The summed E-state index contributed by atoms with van der Waals surface area (Å²) >= 11 is 0. The van der Waals surface area contributed by atoms with Crippen LogP contribution < -0.4 is 0 Å². The van der Waals surface area contributed by atoms with E-state index < -0.39 is 6.10 Å². The Morgan fingerprint density at radius 3 is 2.80 bits per heavy atom. The van der Waals surface area contributed by atoms with Gasteiger partial charge in [0.1, 0.15) is 6.10 Å². The predicted octanol–water partition coefficient (Wildman–Crippen LogP) is 1.73. The van der Waals surface area contributed by atoms with E-state index in [0.717, 1.165) is 12.8 Å². The Morgan fingerprint density at radius 1 is 1.60 bits per heavy atom. The Kier molecular flexibility index (Phi) is 5.91. The zero-order chi connectivity index (χ0) is 7.82. The highest BCUT2D eigenvalue weighted by Gasteiger charge is 1.91. The zero-order valence-corrected chi connectivity index (χ0v) is 6.38. The van der Waals surface area contributed by atoms with Gasteiger partial charge in [-0.25, -0.2) is 0 Å². The maximum absolute atomic E-state index is 8.87. The topological polar surface area (TPSA) is 20.2 Å².